The van der Waals surface area contributed by atoms with E-state index in [1.54, 1.807) is 25.1 Å². The molecule has 30 heavy (non-hydrogen) atoms. The fourth-order valence-corrected chi connectivity index (χ4v) is 3.22. The van der Waals surface area contributed by atoms with Crippen LogP contribution < -0.4 is 10.1 Å². The number of nitrogens with zero attached hydrogens (tertiary/aromatic N) is 1. The summed E-state index contributed by atoms with van der Waals surface area (Å²) in [5, 5.41) is 3.74. The molecule has 2 atom stereocenters. The minimum Gasteiger partial charge on any atom is -0.482 e. The SMILES string of the molecule is CC[C@H](C)NC(=O)[C@@H](C)N(Cc1ccc(C)cc1)C(=O)COc1ccc(Cl)cc1Cl. The standard InChI is InChI=1S/C23H28Cl2N2O3/c1-5-16(3)26-23(29)17(4)27(13-18-8-6-15(2)7-9-18)22(28)14-30-21-11-10-19(24)12-20(21)25/h6-12,16-17H,5,13-14H2,1-4H3,(H,26,29)/t16-,17+/m0/s1. The number of hydrogen-bond donors (Lipinski definition) is 1. The summed E-state index contributed by atoms with van der Waals surface area (Å²) in [4.78, 5) is 27.2. The highest BCUT2D eigenvalue weighted by atomic mass is 35.5. The lowest BCUT2D eigenvalue weighted by Gasteiger charge is -2.29. The van der Waals surface area contributed by atoms with Gasteiger partial charge in [-0.05, 0) is 51.0 Å². The Morgan fingerprint density at radius 2 is 1.77 bits per heavy atom. The third kappa shape index (κ3) is 6.92. The van der Waals surface area contributed by atoms with Gasteiger partial charge in [-0.3, -0.25) is 9.59 Å². The highest BCUT2D eigenvalue weighted by molar-refractivity contribution is 6.35. The first-order valence-electron chi connectivity index (χ1n) is 9.94. The van der Waals surface area contributed by atoms with Gasteiger partial charge in [0.15, 0.2) is 6.61 Å². The predicted molar refractivity (Wildman–Crippen MR) is 121 cm³/mol. The summed E-state index contributed by atoms with van der Waals surface area (Å²) < 4.78 is 5.61. The van der Waals surface area contributed by atoms with Crippen LogP contribution in [0.25, 0.3) is 0 Å². The van der Waals surface area contributed by atoms with Crippen molar-refractivity contribution in [2.75, 3.05) is 6.61 Å². The van der Waals surface area contributed by atoms with Crippen molar-refractivity contribution < 1.29 is 14.3 Å². The highest BCUT2D eigenvalue weighted by Gasteiger charge is 2.27. The third-order valence-electron chi connectivity index (χ3n) is 4.89. The maximum atomic E-state index is 13.0. The Balaban J connectivity index is 2.16. The van der Waals surface area contributed by atoms with Gasteiger partial charge in [0.1, 0.15) is 11.8 Å². The lowest BCUT2D eigenvalue weighted by Crippen LogP contribution is -2.50. The van der Waals surface area contributed by atoms with Crippen LogP contribution in [0.5, 0.6) is 5.75 Å². The number of hydrogen-bond acceptors (Lipinski definition) is 3. The molecule has 1 N–H and O–H groups in total. The third-order valence-corrected chi connectivity index (χ3v) is 5.42. The molecule has 0 aliphatic rings. The molecule has 2 aromatic carbocycles. The van der Waals surface area contributed by atoms with Gasteiger partial charge in [0.25, 0.3) is 5.91 Å². The summed E-state index contributed by atoms with van der Waals surface area (Å²) >= 11 is 12.0. The van der Waals surface area contributed by atoms with Gasteiger partial charge in [-0.15, -0.1) is 0 Å². The molecule has 162 valence electrons. The molecule has 0 radical (unpaired) electrons. The van der Waals surface area contributed by atoms with Crippen molar-refractivity contribution in [1.82, 2.24) is 10.2 Å². The molecule has 5 nitrogen and oxygen atoms in total. The lowest BCUT2D eigenvalue weighted by molar-refractivity contribution is -0.142. The number of amides is 2. The van der Waals surface area contributed by atoms with Crippen molar-refractivity contribution in [3.63, 3.8) is 0 Å². The molecule has 2 amide bonds. The predicted octanol–water partition coefficient (Wildman–Crippen LogP) is 5.01. The molecule has 0 saturated heterocycles. The summed E-state index contributed by atoms with van der Waals surface area (Å²) in [6.45, 7) is 7.70. The summed E-state index contributed by atoms with van der Waals surface area (Å²) in [5.74, 6) is -0.149. The first-order chi connectivity index (χ1) is 14.2. The Labute approximate surface area is 188 Å². The number of carbonyl (C=O) groups excluding carboxylic acids is 2. The topological polar surface area (TPSA) is 58.6 Å². The van der Waals surface area contributed by atoms with Crippen LogP contribution in [0, 0.1) is 6.92 Å². The van der Waals surface area contributed by atoms with E-state index in [4.69, 9.17) is 27.9 Å². The number of ether oxygens (including phenoxy) is 1. The fraction of sp³-hybridized carbons (Fsp3) is 0.391. The molecule has 0 saturated carbocycles. The summed E-state index contributed by atoms with van der Waals surface area (Å²) in [5.41, 5.74) is 2.06. The van der Waals surface area contributed by atoms with Crippen LogP contribution in [0.3, 0.4) is 0 Å². The van der Waals surface area contributed by atoms with Crippen molar-refractivity contribution in [2.45, 2.75) is 52.7 Å². The van der Waals surface area contributed by atoms with E-state index in [9.17, 15) is 9.59 Å². The van der Waals surface area contributed by atoms with Crippen LogP contribution in [0.1, 0.15) is 38.3 Å². The second kappa shape index (κ2) is 11.2. The minimum atomic E-state index is -0.655. The number of aryl methyl sites for hydroxylation is 1. The fourth-order valence-electron chi connectivity index (χ4n) is 2.75. The van der Waals surface area contributed by atoms with Crippen LogP contribution in [-0.4, -0.2) is 35.4 Å². The van der Waals surface area contributed by atoms with Crippen molar-refractivity contribution in [3.05, 3.63) is 63.6 Å². The Hall–Kier alpha value is -2.24. The van der Waals surface area contributed by atoms with E-state index >= 15 is 0 Å². The van der Waals surface area contributed by atoms with E-state index in [1.165, 1.54) is 4.90 Å². The number of rotatable bonds is 9. The van der Waals surface area contributed by atoms with Crippen LogP contribution in [0.2, 0.25) is 10.0 Å². The molecule has 0 aliphatic carbocycles. The first kappa shape index (κ1) is 24.0. The normalized spacial score (nSPS) is 12.7. The van der Waals surface area contributed by atoms with E-state index in [-0.39, 0.29) is 24.5 Å². The minimum absolute atomic E-state index is 0.0281. The van der Waals surface area contributed by atoms with Crippen molar-refractivity contribution in [1.29, 1.82) is 0 Å². The van der Waals surface area contributed by atoms with Gasteiger partial charge in [0.05, 0.1) is 5.02 Å². The number of benzene rings is 2. The molecule has 0 unspecified atom stereocenters. The highest BCUT2D eigenvalue weighted by Crippen LogP contribution is 2.27. The van der Waals surface area contributed by atoms with E-state index < -0.39 is 6.04 Å². The zero-order valence-corrected chi connectivity index (χ0v) is 19.3. The van der Waals surface area contributed by atoms with Gasteiger partial charge in [-0.25, -0.2) is 0 Å². The summed E-state index contributed by atoms with van der Waals surface area (Å²) in [6, 6.07) is 12.0. The van der Waals surface area contributed by atoms with Crippen LogP contribution in [-0.2, 0) is 16.1 Å². The van der Waals surface area contributed by atoms with Gasteiger partial charge in [-0.2, -0.15) is 0 Å². The Bertz CT molecular complexity index is 871. The molecule has 0 aromatic heterocycles. The van der Waals surface area contributed by atoms with Gasteiger partial charge >= 0.3 is 0 Å². The molecule has 0 heterocycles. The molecule has 0 bridgehead atoms. The monoisotopic (exact) mass is 450 g/mol. The largest absolute Gasteiger partial charge is 0.482 e. The lowest BCUT2D eigenvalue weighted by atomic mass is 10.1. The molecule has 2 aromatic rings. The molecule has 0 spiro atoms. The average molecular weight is 451 g/mol. The molecule has 7 heteroatoms. The van der Waals surface area contributed by atoms with Crippen LogP contribution in [0.4, 0.5) is 0 Å². The Kier molecular flexibility index (Phi) is 9.00. The van der Waals surface area contributed by atoms with Gasteiger partial charge in [0, 0.05) is 17.6 Å². The van der Waals surface area contributed by atoms with E-state index in [2.05, 4.69) is 5.32 Å². The Morgan fingerprint density at radius 3 is 2.37 bits per heavy atom. The van der Waals surface area contributed by atoms with Crippen molar-refractivity contribution >= 4 is 35.0 Å². The zero-order chi connectivity index (χ0) is 22.3. The second-order valence-corrected chi connectivity index (χ2v) is 8.21. The van der Waals surface area contributed by atoms with Crippen molar-refractivity contribution in [2.24, 2.45) is 0 Å². The van der Waals surface area contributed by atoms with Crippen LogP contribution in [0.15, 0.2) is 42.5 Å². The van der Waals surface area contributed by atoms with Gasteiger partial charge in [0.2, 0.25) is 5.91 Å². The quantitative estimate of drug-likeness (QED) is 0.583. The van der Waals surface area contributed by atoms with Crippen LogP contribution >= 0.6 is 23.2 Å². The maximum absolute atomic E-state index is 13.0. The second-order valence-electron chi connectivity index (χ2n) is 7.36. The first-order valence-corrected chi connectivity index (χ1v) is 10.7. The molecule has 2 rings (SSSR count). The van der Waals surface area contributed by atoms with E-state index in [1.807, 2.05) is 45.0 Å². The van der Waals surface area contributed by atoms with E-state index in [0.29, 0.717) is 22.3 Å². The summed E-state index contributed by atoms with van der Waals surface area (Å²) in [6.07, 6.45) is 0.808. The Morgan fingerprint density at radius 1 is 1.10 bits per heavy atom. The number of nitrogens with one attached hydrogen (secondary N) is 1. The van der Waals surface area contributed by atoms with E-state index in [0.717, 1.165) is 17.5 Å². The number of halogens is 2. The van der Waals surface area contributed by atoms with Crippen molar-refractivity contribution in [3.8, 4) is 5.75 Å². The zero-order valence-electron chi connectivity index (χ0n) is 17.7. The molecular formula is C23H28Cl2N2O3. The average Bonchev–Trinajstić information content (AvgIpc) is 2.71. The maximum Gasteiger partial charge on any atom is 0.261 e. The summed E-state index contributed by atoms with van der Waals surface area (Å²) in [7, 11) is 0. The number of carbonyl (C=O) groups is 2. The van der Waals surface area contributed by atoms with Gasteiger partial charge in [-0.1, -0.05) is 60.0 Å². The molecular weight excluding hydrogens is 423 g/mol. The van der Waals surface area contributed by atoms with Gasteiger partial charge < -0.3 is 15.0 Å². The molecule has 0 fully saturated rings. The smallest absolute Gasteiger partial charge is 0.261 e. The molecule has 0 aliphatic heterocycles.